The number of piperidine rings is 1. The van der Waals surface area contributed by atoms with E-state index < -0.39 is 10.0 Å². The van der Waals surface area contributed by atoms with Crippen LogP contribution in [-0.2, 0) is 21.2 Å². The third-order valence-corrected chi connectivity index (χ3v) is 6.51. The van der Waals surface area contributed by atoms with Crippen LogP contribution in [0.15, 0.2) is 30.3 Å². The van der Waals surface area contributed by atoms with Gasteiger partial charge in [0.25, 0.3) is 0 Å². The molecule has 0 bridgehead atoms. The lowest BCUT2D eigenvalue weighted by molar-refractivity contribution is 0.111. The van der Waals surface area contributed by atoms with Crippen molar-refractivity contribution < 1.29 is 13.2 Å². The minimum Gasteiger partial charge on any atom is -0.380 e. The number of aryl methyl sites for hydroxylation is 1. The van der Waals surface area contributed by atoms with E-state index in [2.05, 4.69) is 9.62 Å². The van der Waals surface area contributed by atoms with Crippen LogP contribution in [0.5, 0.6) is 0 Å². The van der Waals surface area contributed by atoms with Gasteiger partial charge in [0.1, 0.15) is 0 Å². The van der Waals surface area contributed by atoms with Crippen molar-refractivity contribution >= 4 is 10.0 Å². The van der Waals surface area contributed by atoms with E-state index in [0.29, 0.717) is 24.9 Å². The molecule has 0 amide bonds. The molecule has 3 rings (SSSR count). The Morgan fingerprint density at radius 2 is 1.88 bits per heavy atom. The van der Waals surface area contributed by atoms with Gasteiger partial charge in [-0.25, -0.2) is 13.1 Å². The van der Waals surface area contributed by atoms with Crippen LogP contribution >= 0.6 is 0 Å². The van der Waals surface area contributed by atoms with E-state index in [1.807, 2.05) is 30.3 Å². The minimum absolute atomic E-state index is 0.162. The van der Waals surface area contributed by atoms with Gasteiger partial charge >= 0.3 is 0 Å². The van der Waals surface area contributed by atoms with Crippen LogP contribution in [-0.4, -0.2) is 58.0 Å². The molecule has 6 heteroatoms. The Labute approximate surface area is 145 Å². The first-order chi connectivity index (χ1) is 11.6. The van der Waals surface area contributed by atoms with Crippen molar-refractivity contribution in [3.63, 3.8) is 0 Å². The normalized spacial score (nSPS) is 23.6. The quantitative estimate of drug-likeness (QED) is 0.811. The third-order valence-electron chi connectivity index (χ3n) is 5.17. The highest BCUT2D eigenvalue weighted by Crippen LogP contribution is 2.22. The van der Waals surface area contributed by atoms with Gasteiger partial charge in [0.05, 0.1) is 12.4 Å². The molecule has 0 saturated carbocycles. The molecule has 0 spiro atoms. The van der Waals surface area contributed by atoms with E-state index in [9.17, 15) is 8.42 Å². The van der Waals surface area contributed by atoms with Crippen molar-refractivity contribution in [2.75, 3.05) is 38.6 Å². The van der Waals surface area contributed by atoms with Crippen LogP contribution in [0.1, 0.15) is 24.8 Å². The highest BCUT2D eigenvalue weighted by Gasteiger charge is 2.28. The first kappa shape index (κ1) is 17.9. The number of hydrogen-bond donors (Lipinski definition) is 1. The summed E-state index contributed by atoms with van der Waals surface area (Å²) in [6.45, 7) is 4.43. The first-order valence-corrected chi connectivity index (χ1v) is 10.6. The Hall–Kier alpha value is -0.950. The van der Waals surface area contributed by atoms with Crippen LogP contribution in [0.3, 0.4) is 0 Å². The van der Waals surface area contributed by atoms with E-state index >= 15 is 0 Å². The average Bonchev–Trinajstić information content (AvgIpc) is 3.15. The van der Waals surface area contributed by atoms with Gasteiger partial charge in [0.2, 0.25) is 10.0 Å². The topological polar surface area (TPSA) is 58.6 Å². The molecule has 134 valence electrons. The summed E-state index contributed by atoms with van der Waals surface area (Å²) in [4.78, 5) is 2.51. The molecule has 1 N–H and O–H groups in total. The van der Waals surface area contributed by atoms with Crippen LogP contribution in [0, 0.1) is 5.92 Å². The van der Waals surface area contributed by atoms with Gasteiger partial charge in [-0.3, -0.25) is 4.90 Å². The zero-order chi connectivity index (χ0) is 16.8. The van der Waals surface area contributed by atoms with E-state index in [1.165, 1.54) is 0 Å². The second kappa shape index (κ2) is 8.43. The van der Waals surface area contributed by atoms with Crippen molar-refractivity contribution in [3.8, 4) is 0 Å². The predicted octanol–water partition coefficient (Wildman–Crippen LogP) is 1.65. The van der Waals surface area contributed by atoms with Gasteiger partial charge in [0.15, 0.2) is 0 Å². The molecular formula is C18H28N2O3S. The molecule has 1 aromatic carbocycles. The lowest BCUT2D eigenvalue weighted by atomic mass is 9.96. The van der Waals surface area contributed by atoms with Crippen LogP contribution in [0.4, 0.5) is 0 Å². The molecule has 0 unspecified atom stereocenters. The minimum atomic E-state index is -3.19. The molecule has 2 saturated heterocycles. The molecule has 2 aliphatic rings. The number of hydrogen-bond acceptors (Lipinski definition) is 4. The fourth-order valence-corrected chi connectivity index (χ4v) is 4.68. The smallest absolute Gasteiger partial charge is 0.211 e. The fourth-order valence-electron chi connectivity index (χ4n) is 3.55. The lowest BCUT2D eigenvalue weighted by Crippen LogP contribution is -2.44. The monoisotopic (exact) mass is 352 g/mol. The molecule has 2 fully saturated rings. The predicted molar refractivity (Wildman–Crippen MR) is 95.5 cm³/mol. The molecule has 0 aliphatic carbocycles. The summed E-state index contributed by atoms with van der Waals surface area (Å²) in [5, 5.41) is 0. The zero-order valence-electron chi connectivity index (χ0n) is 14.2. The summed E-state index contributed by atoms with van der Waals surface area (Å²) in [7, 11) is -3.19. The van der Waals surface area contributed by atoms with Crippen molar-refractivity contribution in [2.24, 2.45) is 5.92 Å². The van der Waals surface area contributed by atoms with Crippen LogP contribution in [0.2, 0.25) is 0 Å². The maximum atomic E-state index is 12.2. The second-order valence-electron chi connectivity index (χ2n) is 6.90. The van der Waals surface area contributed by atoms with E-state index in [1.54, 1.807) is 0 Å². The molecule has 24 heavy (non-hydrogen) atoms. The summed E-state index contributed by atoms with van der Waals surface area (Å²) < 4.78 is 32.6. The molecule has 5 nitrogen and oxygen atoms in total. The van der Waals surface area contributed by atoms with E-state index in [-0.39, 0.29) is 5.75 Å². The van der Waals surface area contributed by atoms with Crippen LogP contribution in [0.25, 0.3) is 0 Å². The SMILES string of the molecule is O=S(=O)(CCc1ccccc1)NCC1CCN([C@@H]2CCOC2)CC1. The Kier molecular flexibility index (Phi) is 6.27. The molecule has 0 aromatic heterocycles. The lowest BCUT2D eigenvalue weighted by Gasteiger charge is -2.35. The van der Waals surface area contributed by atoms with Crippen molar-refractivity contribution in [2.45, 2.75) is 31.7 Å². The number of benzene rings is 1. The van der Waals surface area contributed by atoms with Crippen LogP contribution < -0.4 is 4.72 Å². The van der Waals surface area contributed by atoms with Gasteiger partial charge in [-0.2, -0.15) is 0 Å². The molecular weight excluding hydrogens is 324 g/mol. The van der Waals surface area contributed by atoms with Gasteiger partial charge < -0.3 is 4.74 Å². The van der Waals surface area contributed by atoms with Gasteiger partial charge in [-0.1, -0.05) is 30.3 Å². The number of likely N-dealkylation sites (tertiary alicyclic amines) is 1. The molecule has 2 aliphatic heterocycles. The van der Waals surface area contributed by atoms with E-state index in [4.69, 9.17) is 4.74 Å². The van der Waals surface area contributed by atoms with Gasteiger partial charge in [0, 0.05) is 19.2 Å². The van der Waals surface area contributed by atoms with E-state index in [0.717, 1.165) is 51.1 Å². The summed E-state index contributed by atoms with van der Waals surface area (Å²) in [5.41, 5.74) is 1.06. The zero-order valence-corrected chi connectivity index (χ0v) is 15.0. The maximum Gasteiger partial charge on any atom is 0.211 e. The summed E-state index contributed by atoms with van der Waals surface area (Å²) in [6.07, 6.45) is 3.84. The molecule has 1 atom stereocenters. The standard InChI is InChI=1S/C18H28N2O3S/c21-24(22,13-9-16-4-2-1-3-5-16)19-14-17-6-10-20(11-7-17)18-8-12-23-15-18/h1-5,17-19H,6-15H2/t18-/m1/s1. The number of nitrogens with one attached hydrogen (secondary N) is 1. The first-order valence-electron chi connectivity index (χ1n) is 8.95. The number of rotatable bonds is 7. The Morgan fingerprint density at radius 3 is 2.54 bits per heavy atom. The second-order valence-corrected chi connectivity index (χ2v) is 8.83. The van der Waals surface area contributed by atoms with Gasteiger partial charge in [-0.05, 0) is 50.3 Å². The number of nitrogens with zero attached hydrogens (tertiary/aromatic N) is 1. The summed E-state index contributed by atoms with van der Waals surface area (Å²) >= 11 is 0. The maximum absolute atomic E-state index is 12.2. The third kappa shape index (κ3) is 5.28. The Bertz CT molecular complexity index is 592. The average molecular weight is 353 g/mol. The number of sulfonamides is 1. The Balaban J connectivity index is 1.37. The molecule has 2 heterocycles. The van der Waals surface area contributed by atoms with Crippen molar-refractivity contribution in [1.29, 1.82) is 0 Å². The van der Waals surface area contributed by atoms with Crippen molar-refractivity contribution in [3.05, 3.63) is 35.9 Å². The van der Waals surface area contributed by atoms with Gasteiger partial charge in [-0.15, -0.1) is 0 Å². The summed E-state index contributed by atoms with van der Waals surface area (Å²) in [5.74, 6) is 0.616. The number of ether oxygens (including phenoxy) is 1. The fraction of sp³-hybridized carbons (Fsp3) is 0.667. The summed E-state index contributed by atoms with van der Waals surface area (Å²) in [6, 6.07) is 10.3. The largest absolute Gasteiger partial charge is 0.380 e. The molecule has 1 aromatic rings. The highest BCUT2D eigenvalue weighted by atomic mass is 32.2. The van der Waals surface area contributed by atoms with Crippen molar-refractivity contribution in [1.82, 2.24) is 9.62 Å². The Morgan fingerprint density at radius 1 is 1.12 bits per heavy atom. The molecule has 0 radical (unpaired) electrons. The highest BCUT2D eigenvalue weighted by molar-refractivity contribution is 7.89.